The minimum Gasteiger partial charge on any atom is -0.261 e. The summed E-state index contributed by atoms with van der Waals surface area (Å²) >= 11 is 0. The van der Waals surface area contributed by atoms with E-state index in [4.69, 9.17) is 5.10 Å². The zero-order valence-corrected chi connectivity index (χ0v) is 16.2. The maximum atomic E-state index is 4.80. The van der Waals surface area contributed by atoms with Crippen LogP contribution in [0.15, 0.2) is 108 Å². The minimum atomic E-state index is 0.696. The average molecular weight is 389 g/mol. The van der Waals surface area contributed by atoms with E-state index < -0.39 is 0 Å². The van der Waals surface area contributed by atoms with Gasteiger partial charge in [0.1, 0.15) is 11.5 Å². The van der Waals surface area contributed by atoms with Crippen LogP contribution in [0.3, 0.4) is 0 Å². The van der Waals surface area contributed by atoms with Gasteiger partial charge in [-0.05, 0) is 30.3 Å². The second kappa shape index (κ2) is 8.01. The van der Waals surface area contributed by atoms with Gasteiger partial charge in [-0.2, -0.15) is 10.2 Å². The molecular formula is C25H19N5. The average Bonchev–Trinajstić information content (AvgIpc) is 3.24. The van der Waals surface area contributed by atoms with Crippen molar-refractivity contribution in [2.75, 3.05) is 5.43 Å². The predicted octanol–water partition coefficient (Wildman–Crippen LogP) is 5.53. The summed E-state index contributed by atoms with van der Waals surface area (Å²) in [5.74, 6) is 0.696. The molecule has 3 aromatic carbocycles. The van der Waals surface area contributed by atoms with Crippen molar-refractivity contribution in [2.45, 2.75) is 0 Å². The van der Waals surface area contributed by atoms with E-state index in [1.165, 1.54) is 0 Å². The van der Waals surface area contributed by atoms with Crippen molar-refractivity contribution in [3.63, 3.8) is 0 Å². The number of hydrazone groups is 1. The molecule has 5 heteroatoms. The molecule has 0 fully saturated rings. The number of nitrogens with one attached hydrogen (secondary N) is 1. The zero-order valence-electron chi connectivity index (χ0n) is 16.2. The number of hydrogen-bond acceptors (Lipinski definition) is 4. The molecule has 0 amide bonds. The molecule has 30 heavy (non-hydrogen) atoms. The number of anilines is 1. The lowest BCUT2D eigenvalue weighted by molar-refractivity contribution is 0.884. The van der Waals surface area contributed by atoms with Crippen LogP contribution >= 0.6 is 0 Å². The molecule has 0 saturated carbocycles. The molecule has 0 radical (unpaired) electrons. The second-order valence-electron chi connectivity index (χ2n) is 6.84. The molecule has 2 heterocycles. The summed E-state index contributed by atoms with van der Waals surface area (Å²) in [6, 6.07) is 32.1. The van der Waals surface area contributed by atoms with Gasteiger partial charge in [0.15, 0.2) is 0 Å². The Balaban J connectivity index is 1.46. The Kier molecular flexibility index (Phi) is 4.76. The predicted molar refractivity (Wildman–Crippen MR) is 122 cm³/mol. The normalized spacial score (nSPS) is 11.2. The number of aromatic nitrogens is 3. The number of hydrogen-bond donors (Lipinski definition) is 1. The Morgan fingerprint density at radius 2 is 1.50 bits per heavy atom. The second-order valence-corrected chi connectivity index (χ2v) is 6.84. The highest BCUT2D eigenvalue weighted by Crippen LogP contribution is 2.22. The minimum absolute atomic E-state index is 0.696. The number of pyridine rings is 1. The molecule has 5 rings (SSSR count). The molecule has 0 aliphatic rings. The van der Waals surface area contributed by atoms with Crippen molar-refractivity contribution in [3.05, 3.63) is 109 Å². The Morgan fingerprint density at radius 1 is 0.767 bits per heavy atom. The maximum Gasteiger partial charge on any atom is 0.146 e. The first-order valence-electron chi connectivity index (χ1n) is 9.72. The van der Waals surface area contributed by atoms with Gasteiger partial charge in [0.25, 0.3) is 0 Å². The highest BCUT2D eigenvalue weighted by Gasteiger charge is 2.10. The van der Waals surface area contributed by atoms with Crippen molar-refractivity contribution in [1.29, 1.82) is 0 Å². The topological polar surface area (TPSA) is 55.1 Å². The van der Waals surface area contributed by atoms with E-state index >= 15 is 0 Å². The first kappa shape index (κ1) is 17.8. The summed E-state index contributed by atoms with van der Waals surface area (Å²) in [6.45, 7) is 0. The molecule has 0 atom stereocenters. The molecule has 144 valence electrons. The summed E-state index contributed by atoms with van der Waals surface area (Å²) < 4.78 is 1.87. The van der Waals surface area contributed by atoms with Crippen LogP contribution < -0.4 is 5.43 Å². The zero-order chi connectivity index (χ0) is 20.2. The van der Waals surface area contributed by atoms with Crippen molar-refractivity contribution in [2.24, 2.45) is 5.10 Å². The van der Waals surface area contributed by atoms with Gasteiger partial charge in [0, 0.05) is 22.7 Å². The van der Waals surface area contributed by atoms with E-state index in [-0.39, 0.29) is 0 Å². The Bertz CT molecular complexity index is 1310. The van der Waals surface area contributed by atoms with Gasteiger partial charge >= 0.3 is 0 Å². The molecule has 0 saturated heterocycles. The highest BCUT2D eigenvalue weighted by molar-refractivity contribution is 5.89. The molecular weight excluding hydrogens is 370 g/mol. The molecule has 0 spiro atoms. The van der Waals surface area contributed by atoms with Crippen LogP contribution in [0.2, 0.25) is 0 Å². The van der Waals surface area contributed by atoms with Crippen molar-refractivity contribution >= 4 is 22.9 Å². The monoisotopic (exact) mass is 389 g/mol. The quantitative estimate of drug-likeness (QED) is 0.317. The molecule has 0 aliphatic heterocycles. The number of para-hydroxylation sites is 2. The Labute approximate surface area is 174 Å². The largest absolute Gasteiger partial charge is 0.261 e. The lowest BCUT2D eigenvalue weighted by Gasteiger charge is -2.02. The van der Waals surface area contributed by atoms with E-state index in [2.05, 4.69) is 15.5 Å². The van der Waals surface area contributed by atoms with E-state index in [9.17, 15) is 0 Å². The van der Waals surface area contributed by atoms with Crippen molar-refractivity contribution in [1.82, 2.24) is 14.8 Å². The van der Waals surface area contributed by atoms with E-state index in [1.54, 1.807) is 6.21 Å². The van der Waals surface area contributed by atoms with Crippen LogP contribution in [0, 0.1) is 0 Å². The van der Waals surface area contributed by atoms with Gasteiger partial charge < -0.3 is 0 Å². The number of fused-ring (bicyclic) bond motifs is 1. The fourth-order valence-electron chi connectivity index (χ4n) is 3.31. The summed E-state index contributed by atoms with van der Waals surface area (Å²) in [7, 11) is 0. The van der Waals surface area contributed by atoms with Gasteiger partial charge in [-0.25, -0.2) is 9.67 Å². The molecule has 5 aromatic rings. The third kappa shape index (κ3) is 3.69. The van der Waals surface area contributed by atoms with Crippen LogP contribution in [0.1, 0.15) is 5.56 Å². The summed E-state index contributed by atoms with van der Waals surface area (Å²) in [4.78, 5) is 4.59. The van der Waals surface area contributed by atoms with Crippen molar-refractivity contribution in [3.8, 4) is 16.9 Å². The standard InChI is InChI=1S/C25H19N5/c1-3-10-20(11-4-1)25-21(18-30(29-25)22-12-5-2-6-13-22)17-26-28-24-16-15-19-9-7-8-14-23(19)27-24/h1-18H,(H,27,28)/b26-17-. The lowest BCUT2D eigenvalue weighted by atomic mass is 10.1. The fraction of sp³-hybridized carbons (Fsp3) is 0. The number of nitrogens with zero attached hydrogens (tertiary/aromatic N) is 4. The maximum absolute atomic E-state index is 4.80. The van der Waals surface area contributed by atoms with Gasteiger partial charge in [-0.15, -0.1) is 0 Å². The summed E-state index contributed by atoms with van der Waals surface area (Å²) in [5.41, 5.74) is 7.79. The lowest BCUT2D eigenvalue weighted by Crippen LogP contribution is -1.94. The molecule has 5 nitrogen and oxygen atoms in total. The van der Waals surface area contributed by atoms with Crippen molar-refractivity contribution < 1.29 is 0 Å². The van der Waals surface area contributed by atoms with Crippen LogP contribution in [-0.2, 0) is 0 Å². The fourth-order valence-corrected chi connectivity index (χ4v) is 3.31. The van der Waals surface area contributed by atoms with E-state index in [0.29, 0.717) is 5.82 Å². The first-order chi connectivity index (χ1) is 14.9. The van der Waals surface area contributed by atoms with E-state index in [0.717, 1.165) is 33.4 Å². The number of benzene rings is 3. The molecule has 0 unspecified atom stereocenters. The van der Waals surface area contributed by atoms with E-state index in [1.807, 2.05) is 108 Å². The van der Waals surface area contributed by atoms with Gasteiger partial charge in [0.05, 0.1) is 17.4 Å². The van der Waals surface area contributed by atoms with Crippen LogP contribution in [0.25, 0.3) is 27.8 Å². The third-order valence-electron chi connectivity index (χ3n) is 4.79. The molecule has 0 aliphatic carbocycles. The highest BCUT2D eigenvalue weighted by atomic mass is 15.3. The molecule has 1 N–H and O–H groups in total. The third-order valence-corrected chi connectivity index (χ3v) is 4.79. The van der Waals surface area contributed by atoms with Crippen LogP contribution in [0.4, 0.5) is 5.82 Å². The number of rotatable bonds is 5. The first-order valence-corrected chi connectivity index (χ1v) is 9.72. The summed E-state index contributed by atoms with van der Waals surface area (Å²) in [6.07, 6.45) is 3.77. The Hall–Kier alpha value is -4.25. The van der Waals surface area contributed by atoms with Crippen LogP contribution in [-0.4, -0.2) is 21.0 Å². The van der Waals surface area contributed by atoms with Gasteiger partial charge in [-0.3, -0.25) is 5.43 Å². The summed E-state index contributed by atoms with van der Waals surface area (Å²) in [5, 5.41) is 10.3. The molecule has 0 bridgehead atoms. The van der Waals surface area contributed by atoms with Crippen LogP contribution in [0.5, 0.6) is 0 Å². The van der Waals surface area contributed by atoms with Gasteiger partial charge in [-0.1, -0.05) is 66.7 Å². The SMILES string of the molecule is C(=N/Nc1ccc2ccccc2n1)/c1cn(-c2ccccc2)nc1-c1ccccc1. The molecule has 2 aromatic heterocycles. The smallest absolute Gasteiger partial charge is 0.146 e. The Morgan fingerprint density at radius 3 is 2.33 bits per heavy atom. The van der Waals surface area contributed by atoms with Gasteiger partial charge in [0.2, 0.25) is 0 Å².